The van der Waals surface area contributed by atoms with Gasteiger partial charge in [0.2, 0.25) is 0 Å². The molecule has 1 fully saturated rings. The summed E-state index contributed by atoms with van der Waals surface area (Å²) < 4.78 is 0. The molecule has 5 nitrogen and oxygen atoms in total. The van der Waals surface area contributed by atoms with E-state index in [1.54, 1.807) is 4.90 Å². The van der Waals surface area contributed by atoms with Crippen LogP contribution < -0.4 is 5.32 Å². The Hall–Kier alpha value is -1.20. The quantitative estimate of drug-likeness (QED) is 0.854. The zero-order valence-electron chi connectivity index (χ0n) is 9.69. The van der Waals surface area contributed by atoms with E-state index in [1.165, 1.54) is 12.5 Å². The molecule has 92 valence electrons. The third-order valence-electron chi connectivity index (χ3n) is 2.99. The van der Waals surface area contributed by atoms with Crippen LogP contribution in [-0.4, -0.2) is 47.0 Å². The highest BCUT2D eigenvalue weighted by Gasteiger charge is 2.25. The molecule has 1 aliphatic heterocycles. The van der Waals surface area contributed by atoms with Gasteiger partial charge >= 0.3 is 0 Å². The van der Waals surface area contributed by atoms with Crippen LogP contribution in [0.15, 0.2) is 12.5 Å². The van der Waals surface area contributed by atoms with Gasteiger partial charge in [-0.05, 0) is 19.9 Å². The summed E-state index contributed by atoms with van der Waals surface area (Å²) in [5, 5.41) is 3.50. The molecule has 0 spiro atoms. The van der Waals surface area contributed by atoms with E-state index < -0.39 is 0 Å². The molecule has 0 radical (unpaired) electrons. The summed E-state index contributed by atoms with van der Waals surface area (Å²) in [4.78, 5) is 21.7. The maximum atomic E-state index is 12.2. The molecular weight excluding hydrogens is 240 g/mol. The third-order valence-corrected chi connectivity index (χ3v) is 3.26. The van der Waals surface area contributed by atoms with Crippen LogP contribution in [0.3, 0.4) is 0 Å². The van der Waals surface area contributed by atoms with Gasteiger partial charge in [-0.1, -0.05) is 11.6 Å². The molecular formula is C11H15ClN4O. The summed E-state index contributed by atoms with van der Waals surface area (Å²) in [7, 11) is 1.91. The van der Waals surface area contributed by atoms with Crippen molar-refractivity contribution in [2.24, 2.45) is 0 Å². The van der Waals surface area contributed by atoms with Crippen molar-refractivity contribution < 1.29 is 4.79 Å². The first-order valence-electron chi connectivity index (χ1n) is 5.64. The number of carbonyl (C=O) groups is 1. The Morgan fingerprint density at radius 3 is 3.18 bits per heavy atom. The topological polar surface area (TPSA) is 58.1 Å². The van der Waals surface area contributed by atoms with Gasteiger partial charge in [0, 0.05) is 25.3 Å². The molecule has 0 saturated carbocycles. The predicted molar refractivity (Wildman–Crippen MR) is 65.0 cm³/mol. The highest BCUT2D eigenvalue weighted by atomic mass is 35.5. The lowest BCUT2D eigenvalue weighted by molar-refractivity contribution is 0.0692. The van der Waals surface area contributed by atoms with E-state index in [-0.39, 0.29) is 5.91 Å². The molecule has 17 heavy (non-hydrogen) atoms. The van der Waals surface area contributed by atoms with Crippen LogP contribution in [0, 0.1) is 0 Å². The van der Waals surface area contributed by atoms with Crippen LogP contribution in [0.1, 0.15) is 23.3 Å². The number of likely N-dealkylation sites (N-methyl/N-ethyl adjacent to an activating group) is 1. The molecule has 0 aromatic carbocycles. The van der Waals surface area contributed by atoms with E-state index >= 15 is 0 Å². The second-order valence-electron chi connectivity index (χ2n) is 4.10. The predicted octanol–water partition coefficient (Wildman–Crippen LogP) is 0.954. The maximum absolute atomic E-state index is 12.2. The summed E-state index contributed by atoms with van der Waals surface area (Å²) >= 11 is 5.92. The second-order valence-corrected chi connectivity index (χ2v) is 4.51. The zero-order chi connectivity index (χ0) is 12.3. The van der Waals surface area contributed by atoms with Crippen molar-refractivity contribution in [1.82, 2.24) is 20.2 Å². The molecule has 1 aromatic rings. The minimum Gasteiger partial charge on any atom is -0.336 e. The van der Waals surface area contributed by atoms with Gasteiger partial charge in [-0.15, -0.1) is 0 Å². The van der Waals surface area contributed by atoms with E-state index in [1.807, 2.05) is 7.05 Å². The maximum Gasteiger partial charge on any atom is 0.274 e. The molecule has 1 aromatic heterocycles. The fraction of sp³-hybridized carbons (Fsp3) is 0.545. The van der Waals surface area contributed by atoms with Gasteiger partial charge < -0.3 is 10.2 Å². The Morgan fingerprint density at radius 1 is 1.65 bits per heavy atom. The Bertz CT molecular complexity index is 412. The molecule has 6 heteroatoms. The van der Waals surface area contributed by atoms with E-state index in [0.29, 0.717) is 23.3 Å². The molecule has 2 heterocycles. The average molecular weight is 255 g/mol. The number of rotatable bonds is 2. The lowest BCUT2D eigenvalue weighted by Crippen LogP contribution is -2.47. The van der Waals surface area contributed by atoms with Crippen LogP contribution >= 0.6 is 11.6 Å². The Kier molecular flexibility index (Phi) is 3.91. The molecule has 0 aliphatic carbocycles. The van der Waals surface area contributed by atoms with Crippen molar-refractivity contribution in [2.75, 3.05) is 20.1 Å². The monoisotopic (exact) mass is 254 g/mol. The summed E-state index contributed by atoms with van der Waals surface area (Å²) in [6, 6.07) is 0.355. The Balaban J connectivity index is 2.12. The SMILES string of the molecule is CNC1CCCN(C(=O)c2ncncc2Cl)C1. The number of nitrogens with one attached hydrogen (secondary N) is 1. The van der Waals surface area contributed by atoms with Crippen molar-refractivity contribution in [3.8, 4) is 0 Å². The standard InChI is InChI=1S/C11H15ClN4O/c1-13-8-3-2-4-16(6-8)11(17)10-9(12)5-14-7-15-10/h5,7-8,13H,2-4,6H2,1H3. The van der Waals surface area contributed by atoms with Crippen LogP contribution in [0.2, 0.25) is 5.02 Å². The number of hydrogen-bond donors (Lipinski definition) is 1. The molecule has 1 aliphatic rings. The average Bonchev–Trinajstić information content (AvgIpc) is 2.38. The molecule has 1 N–H and O–H groups in total. The Labute approximate surface area is 105 Å². The van der Waals surface area contributed by atoms with E-state index in [9.17, 15) is 4.79 Å². The molecule has 1 unspecified atom stereocenters. The summed E-state index contributed by atoms with van der Waals surface area (Å²) in [6.07, 6.45) is 4.89. The van der Waals surface area contributed by atoms with Gasteiger partial charge in [0.25, 0.3) is 5.91 Å². The van der Waals surface area contributed by atoms with Crippen molar-refractivity contribution in [3.63, 3.8) is 0 Å². The van der Waals surface area contributed by atoms with Crippen LogP contribution in [0.25, 0.3) is 0 Å². The van der Waals surface area contributed by atoms with Crippen molar-refractivity contribution in [1.29, 1.82) is 0 Å². The van der Waals surface area contributed by atoms with Gasteiger partial charge in [0.15, 0.2) is 0 Å². The van der Waals surface area contributed by atoms with E-state index in [4.69, 9.17) is 11.6 Å². The molecule has 1 saturated heterocycles. The first kappa shape index (κ1) is 12.3. The minimum atomic E-state index is -0.114. The third kappa shape index (κ3) is 2.73. The number of likely N-dealkylation sites (tertiary alicyclic amines) is 1. The number of nitrogens with zero attached hydrogens (tertiary/aromatic N) is 3. The molecule has 1 amide bonds. The number of aromatic nitrogens is 2. The fourth-order valence-electron chi connectivity index (χ4n) is 2.02. The normalized spacial score (nSPS) is 20.4. The number of carbonyl (C=O) groups excluding carboxylic acids is 1. The second kappa shape index (κ2) is 5.42. The van der Waals surface area contributed by atoms with Gasteiger partial charge in [-0.2, -0.15) is 0 Å². The molecule has 1 atom stereocenters. The van der Waals surface area contributed by atoms with Crippen LogP contribution in [-0.2, 0) is 0 Å². The van der Waals surface area contributed by atoms with Gasteiger partial charge in [-0.3, -0.25) is 4.79 Å². The summed E-state index contributed by atoms with van der Waals surface area (Å²) in [5.74, 6) is -0.114. The lowest BCUT2D eigenvalue weighted by Gasteiger charge is -2.32. The van der Waals surface area contributed by atoms with Crippen molar-refractivity contribution in [2.45, 2.75) is 18.9 Å². The lowest BCUT2D eigenvalue weighted by atomic mass is 10.1. The number of halogens is 1. The fourth-order valence-corrected chi connectivity index (χ4v) is 2.20. The van der Waals surface area contributed by atoms with Crippen LogP contribution in [0.4, 0.5) is 0 Å². The Morgan fingerprint density at radius 2 is 2.47 bits per heavy atom. The van der Waals surface area contributed by atoms with Crippen molar-refractivity contribution in [3.05, 3.63) is 23.2 Å². The molecule has 0 bridgehead atoms. The van der Waals surface area contributed by atoms with E-state index in [2.05, 4.69) is 15.3 Å². The summed E-state index contributed by atoms with van der Waals surface area (Å²) in [6.45, 7) is 1.47. The smallest absolute Gasteiger partial charge is 0.274 e. The highest BCUT2D eigenvalue weighted by Crippen LogP contribution is 2.17. The van der Waals surface area contributed by atoms with Crippen LogP contribution in [0.5, 0.6) is 0 Å². The van der Waals surface area contributed by atoms with Gasteiger partial charge in [-0.25, -0.2) is 9.97 Å². The zero-order valence-corrected chi connectivity index (χ0v) is 10.4. The summed E-state index contributed by atoms with van der Waals surface area (Å²) in [5.41, 5.74) is 0.290. The number of hydrogen-bond acceptors (Lipinski definition) is 4. The first-order chi connectivity index (χ1) is 8.22. The number of piperidine rings is 1. The largest absolute Gasteiger partial charge is 0.336 e. The first-order valence-corrected chi connectivity index (χ1v) is 6.02. The van der Waals surface area contributed by atoms with Gasteiger partial charge in [0.05, 0.1) is 5.02 Å². The highest BCUT2D eigenvalue weighted by molar-refractivity contribution is 6.33. The van der Waals surface area contributed by atoms with E-state index in [0.717, 1.165) is 19.4 Å². The van der Waals surface area contributed by atoms with Gasteiger partial charge in [0.1, 0.15) is 12.0 Å². The minimum absolute atomic E-state index is 0.114. The number of amides is 1. The molecule has 2 rings (SSSR count). The van der Waals surface area contributed by atoms with Crippen molar-refractivity contribution >= 4 is 17.5 Å².